The van der Waals surface area contributed by atoms with Gasteiger partial charge in [-0.2, -0.15) is 18.3 Å². The number of nitrogens with one attached hydrogen (secondary N) is 1. The van der Waals surface area contributed by atoms with Gasteiger partial charge in [-0.3, -0.25) is 9.48 Å². The van der Waals surface area contributed by atoms with Crippen molar-refractivity contribution < 1.29 is 27.1 Å². The SMILES string of the molecule is O=C(Nc1nn(Cc2ccc(F)cc2)cc1Br)c1cccc(OCC(F)(F)F)c1. The molecule has 1 N–H and O–H groups in total. The first-order valence-corrected chi connectivity index (χ1v) is 9.07. The largest absolute Gasteiger partial charge is 0.484 e. The molecule has 1 heterocycles. The average Bonchev–Trinajstić information content (AvgIpc) is 3.00. The van der Waals surface area contributed by atoms with Crippen LogP contribution in [-0.2, 0) is 6.54 Å². The summed E-state index contributed by atoms with van der Waals surface area (Å²) in [6, 6.07) is 11.3. The van der Waals surface area contributed by atoms with E-state index in [1.807, 2.05) is 0 Å². The monoisotopic (exact) mass is 471 g/mol. The molecule has 0 aliphatic rings. The molecular weight excluding hydrogens is 458 g/mol. The van der Waals surface area contributed by atoms with E-state index in [4.69, 9.17) is 0 Å². The molecular formula is C19H14BrF4N3O2. The lowest BCUT2D eigenvalue weighted by Crippen LogP contribution is -2.19. The van der Waals surface area contributed by atoms with Crippen LogP contribution in [-0.4, -0.2) is 28.5 Å². The molecule has 0 bridgehead atoms. The van der Waals surface area contributed by atoms with Crippen molar-refractivity contribution in [1.82, 2.24) is 9.78 Å². The van der Waals surface area contributed by atoms with Crippen molar-refractivity contribution in [2.24, 2.45) is 0 Å². The van der Waals surface area contributed by atoms with Gasteiger partial charge in [-0.05, 0) is 51.8 Å². The molecule has 3 rings (SSSR count). The van der Waals surface area contributed by atoms with Gasteiger partial charge < -0.3 is 10.1 Å². The van der Waals surface area contributed by atoms with E-state index in [9.17, 15) is 22.4 Å². The topological polar surface area (TPSA) is 56.2 Å². The summed E-state index contributed by atoms with van der Waals surface area (Å²) >= 11 is 3.30. The Morgan fingerprint density at radius 3 is 2.59 bits per heavy atom. The minimum absolute atomic E-state index is 0.0733. The molecule has 0 radical (unpaired) electrons. The van der Waals surface area contributed by atoms with E-state index < -0.39 is 18.7 Å². The number of hydrogen-bond acceptors (Lipinski definition) is 3. The fraction of sp³-hybridized carbons (Fsp3) is 0.158. The van der Waals surface area contributed by atoms with E-state index in [0.29, 0.717) is 11.0 Å². The van der Waals surface area contributed by atoms with E-state index in [-0.39, 0.29) is 22.9 Å². The lowest BCUT2D eigenvalue weighted by atomic mass is 10.2. The van der Waals surface area contributed by atoms with E-state index in [1.165, 1.54) is 36.4 Å². The van der Waals surface area contributed by atoms with Crippen molar-refractivity contribution in [3.8, 4) is 5.75 Å². The summed E-state index contributed by atoms with van der Waals surface area (Å²) in [5, 5.41) is 6.83. The lowest BCUT2D eigenvalue weighted by Gasteiger charge is -2.10. The second-order valence-corrected chi connectivity index (χ2v) is 6.89. The van der Waals surface area contributed by atoms with Crippen molar-refractivity contribution in [1.29, 1.82) is 0 Å². The Bertz CT molecular complexity index is 1000. The number of nitrogens with zero attached hydrogens (tertiary/aromatic N) is 2. The van der Waals surface area contributed by atoms with Crippen LogP contribution < -0.4 is 10.1 Å². The maximum atomic E-state index is 13.0. The molecule has 0 aliphatic heterocycles. The number of carbonyl (C=O) groups excluding carboxylic acids is 1. The Morgan fingerprint density at radius 2 is 1.90 bits per heavy atom. The van der Waals surface area contributed by atoms with Gasteiger partial charge in [-0.25, -0.2) is 4.39 Å². The third-order valence-corrected chi connectivity index (χ3v) is 4.29. The molecule has 1 amide bonds. The molecule has 10 heteroatoms. The van der Waals surface area contributed by atoms with E-state index in [2.05, 4.69) is 31.1 Å². The van der Waals surface area contributed by atoms with E-state index >= 15 is 0 Å². The molecule has 152 valence electrons. The van der Waals surface area contributed by atoms with Gasteiger partial charge >= 0.3 is 6.18 Å². The van der Waals surface area contributed by atoms with Crippen LogP contribution >= 0.6 is 15.9 Å². The summed E-state index contributed by atoms with van der Waals surface area (Å²) in [6.07, 6.45) is -2.83. The zero-order valence-corrected chi connectivity index (χ0v) is 16.3. The predicted octanol–water partition coefficient (Wildman–Crippen LogP) is 5.03. The summed E-state index contributed by atoms with van der Waals surface area (Å²) in [6.45, 7) is -1.09. The zero-order chi connectivity index (χ0) is 21.0. The van der Waals surface area contributed by atoms with Crippen LogP contribution in [0.15, 0.2) is 59.2 Å². The molecule has 29 heavy (non-hydrogen) atoms. The second kappa shape index (κ2) is 8.64. The van der Waals surface area contributed by atoms with Gasteiger partial charge in [-0.15, -0.1) is 0 Å². The summed E-state index contributed by atoms with van der Waals surface area (Å²) < 4.78 is 56.5. The van der Waals surface area contributed by atoms with Crippen molar-refractivity contribution in [3.05, 3.63) is 76.1 Å². The fourth-order valence-corrected chi connectivity index (χ4v) is 2.83. The quantitative estimate of drug-likeness (QED) is 0.513. The van der Waals surface area contributed by atoms with E-state index in [1.54, 1.807) is 23.0 Å². The minimum Gasteiger partial charge on any atom is -0.484 e. The van der Waals surface area contributed by atoms with Gasteiger partial charge in [0, 0.05) is 11.8 Å². The molecule has 0 saturated carbocycles. The van der Waals surface area contributed by atoms with Crippen LogP contribution in [0.1, 0.15) is 15.9 Å². The highest BCUT2D eigenvalue weighted by molar-refractivity contribution is 9.10. The first-order chi connectivity index (χ1) is 13.7. The number of halogens is 5. The molecule has 0 aliphatic carbocycles. The van der Waals surface area contributed by atoms with Crippen molar-refractivity contribution in [3.63, 3.8) is 0 Å². The number of benzene rings is 2. The predicted molar refractivity (Wildman–Crippen MR) is 101 cm³/mol. The second-order valence-electron chi connectivity index (χ2n) is 6.04. The molecule has 0 atom stereocenters. The van der Waals surface area contributed by atoms with Crippen LogP contribution in [0.5, 0.6) is 5.75 Å². The molecule has 0 fully saturated rings. The van der Waals surface area contributed by atoms with E-state index in [0.717, 1.165) is 5.56 Å². The Morgan fingerprint density at radius 1 is 1.17 bits per heavy atom. The molecule has 0 saturated heterocycles. The number of anilines is 1. The molecule has 2 aromatic carbocycles. The van der Waals surface area contributed by atoms with Crippen LogP contribution in [0.3, 0.4) is 0 Å². The zero-order valence-electron chi connectivity index (χ0n) is 14.7. The standard InChI is InChI=1S/C19H14BrF4N3O2/c20-16-10-27(9-12-4-6-14(21)7-5-12)26-17(16)25-18(28)13-2-1-3-15(8-13)29-11-19(22,23)24/h1-8,10H,9,11H2,(H,25,26,28). The fourth-order valence-electron chi connectivity index (χ4n) is 2.41. The van der Waals surface area contributed by atoms with Crippen LogP contribution in [0.25, 0.3) is 0 Å². The Kier molecular flexibility index (Phi) is 6.21. The van der Waals surface area contributed by atoms with Crippen molar-refractivity contribution >= 4 is 27.7 Å². The third kappa shape index (κ3) is 6.05. The summed E-state index contributed by atoms with van der Waals surface area (Å²) in [5.74, 6) is -0.741. The van der Waals surface area contributed by atoms with Crippen LogP contribution in [0.2, 0.25) is 0 Å². The van der Waals surface area contributed by atoms with Crippen molar-refractivity contribution in [2.75, 3.05) is 11.9 Å². The highest BCUT2D eigenvalue weighted by Crippen LogP contribution is 2.23. The number of ether oxygens (including phenoxy) is 1. The maximum absolute atomic E-state index is 13.0. The van der Waals surface area contributed by atoms with Crippen LogP contribution in [0, 0.1) is 5.82 Å². The molecule has 3 aromatic rings. The van der Waals surface area contributed by atoms with Gasteiger partial charge in [-0.1, -0.05) is 18.2 Å². The summed E-state index contributed by atoms with van der Waals surface area (Å²) in [4.78, 5) is 12.4. The maximum Gasteiger partial charge on any atom is 0.422 e. The smallest absolute Gasteiger partial charge is 0.422 e. The molecule has 5 nitrogen and oxygen atoms in total. The van der Waals surface area contributed by atoms with Gasteiger partial charge in [0.1, 0.15) is 11.6 Å². The number of carbonyl (C=O) groups is 1. The summed E-state index contributed by atoms with van der Waals surface area (Å²) in [5.41, 5.74) is 0.929. The Hall–Kier alpha value is -2.88. The first-order valence-electron chi connectivity index (χ1n) is 8.28. The van der Waals surface area contributed by atoms with Gasteiger partial charge in [0.05, 0.1) is 11.0 Å². The molecule has 0 spiro atoms. The van der Waals surface area contributed by atoms with Gasteiger partial charge in [0.25, 0.3) is 5.91 Å². The number of alkyl halides is 3. The number of aromatic nitrogens is 2. The Balaban J connectivity index is 1.67. The number of hydrogen-bond donors (Lipinski definition) is 1. The van der Waals surface area contributed by atoms with Crippen LogP contribution in [0.4, 0.5) is 23.4 Å². The third-order valence-electron chi connectivity index (χ3n) is 3.71. The molecule has 1 aromatic heterocycles. The van der Waals surface area contributed by atoms with Gasteiger partial charge in [0.15, 0.2) is 12.4 Å². The van der Waals surface area contributed by atoms with Gasteiger partial charge in [0.2, 0.25) is 0 Å². The normalized spacial score (nSPS) is 11.3. The average molecular weight is 472 g/mol. The number of amides is 1. The molecule has 0 unspecified atom stereocenters. The highest BCUT2D eigenvalue weighted by atomic mass is 79.9. The first kappa shape index (κ1) is 20.8. The Labute approximate surface area is 171 Å². The highest BCUT2D eigenvalue weighted by Gasteiger charge is 2.28. The minimum atomic E-state index is -4.47. The summed E-state index contributed by atoms with van der Waals surface area (Å²) in [7, 11) is 0. The number of rotatable bonds is 6. The lowest BCUT2D eigenvalue weighted by molar-refractivity contribution is -0.153. The van der Waals surface area contributed by atoms with Crippen molar-refractivity contribution in [2.45, 2.75) is 12.7 Å².